The maximum Gasteiger partial charge on any atom is 0.124 e. The Kier molecular flexibility index (Phi) is 3.36. The van der Waals surface area contributed by atoms with Crippen molar-refractivity contribution in [1.29, 1.82) is 0 Å². The van der Waals surface area contributed by atoms with Crippen molar-refractivity contribution in [2.24, 2.45) is 5.73 Å². The molecule has 0 aliphatic carbocycles. The first kappa shape index (κ1) is 13.4. The first-order valence-electron chi connectivity index (χ1n) is 6.87. The predicted octanol–water partition coefficient (Wildman–Crippen LogP) is 3.56. The molecule has 0 amide bonds. The zero-order valence-corrected chi connectivity index (χ0v) is 12.9. The average Bonchev–Trinajstić information content (AvgIpc) is 2.28. The highest BCUT2D eigenvalue weighted by atomic mass is 79.9. The lowest BCUT2D eigenvalue weighted by Gasteiger charge is -2.47. The highest BCUT2D eigenvalue weighted by Gasteiger charge is 2.45. The van der Waals surface area contributed by atoms with Crippen LogP contribution in [0.4, 0.5) is 0 Å². The van der Waals surface area contributed by atoms with Gasteiger partial charge in [-0.25, -0.2) is 0 Å². The summed E-state index contributed by atoms with van der Waals surface area (Å²) in [7, 11) is 0. The largest absolute Gasteiger partial charge is 0.487 e. The molecule has 3 atom stereocenters. The van der Waals surface area contributed by atoms with Crippen LogP contribution in [0.15, 0.2) is 22.7 Å². The molecule has 1 spiro atoms. The standard InChI is InChI=1S/C15H20BrNO2/c1-9-6-15(7-10(2)18-9)8-13(17)12-5-11(16)3-4-14(12)19-15/h3-5,9-10,13H,6-8,17H2,1-2H3/t9?,10?,13-,15?/m1/s1. The molecule has 2 aliphatic rings. The number of benzene rings is 1. The van der Waals surface area contributed by atoms with Gasteiger partial charge in [-0.2, -0.15) is 0 Å². The van der Waals surface area contributed by atoms with E-state index < -0.39 is 0 Å². The van der Waals surface area contributed by atoms with E-state index in [4.69, 9.17) is 15.2 Å². The third kappa shape index (κ3) is 2.54. The third-order valence-corrected chi connectivity index (χ3v) is 4.57. The quantitative estimate of drug-likeness (QED) is 0.793. The van der Waals surface area contributed by atoms with Gasteiger partial charge in [0.2, 0.25) is 0 Å². The van der Waals surface area contributed by atoms with Gasteiger partial charge < -0.3 is 15.2 Å². The molecule has 2 heterocycles. The Morgan fingerprint density at radius 1 is 1.21 bits per heavy atom. The van der Waals surface area contributed by atoms with Crippen LogP contribution in [-0.4, -0.2) is 17.8 Å². The molecule has 0 bridgehead atoms. The van der Waals surface area contributed by atoms with Crippen molar-refractivity contribution in [3.05, 3.63) is 28.2 Å². The smallest absolute Gasteiger partial charge is 0.124 e. The lowest BCUT2D eigenvalue weighted by Crippen LogP contribution is -2.51. The molecule has 19 heavy (non-hydrogen) atoms. The number of rotatable bonds is 0. The first-order chi connectivity index (χ1) is 8.97. The Labute approximate surface area is 122 Å². The fraction of sp³-hybridized carbons (Fsp3) is 0.600. The van der Waals surface area contributed by atoms with Crippen LogP contribution < -0.4 is 10.5 Å². The molecule has 1 aromatic carbocycles. The van der Waals surface area contributed by atoms with Crippen LogP contribution >= 0.6 is 15.9 Å². The van der Waals surface area contributed by atoms with Gasteiger partial charge in [0.15, 0.2) is 0 Å². The van der Waals surface area contributed by atoms with Gasteiger partial charge in [0.25, 0.3) is 0 Å². The van der Waals surface area contributed by atoms with Crippen LogP contribution in [0.25, 0.3) is 0 Å². The second-order valence-corrected chi connectivity index (χ2v) is 6.86. The van der Waals surface area contributed by atoms with Gasteiger partial charge in [-0.1, -0.05) is 15.9 Å². The van der Waals surface area contributed by atoms with E-state index in [0.29, 0.717) is 0 Å². The highest BCUT2D eigenvalue weighted by Crippen LogP contribution is 2.45. The van der Waals surface area contributed by atoms with E-state index in [9.17, 15) is 0 Å². The lowest BCUT2D eigenvalue weighted by molar-refractivity contribution is -0.129. The summed E-state index contributed by atoms with van der Waals surface area (Å²) in [6.45, 7) is 4.23. The van der Waals surface area contributed by atoms with Crippen LogP contribution in [0.5, 0.6) is 5.75 Å². The zero-order valence-electron chi connectivity index (χ0n) is 11.4. The molecule has 4 heteroatoms. The molecule has 1 aromatic rings. The Morgan fingerprint density at radius 2 is 1.89 bits per heavy atom. The number of hydrogen-bond donors (Lipinski definition) is 1. The topological polar surface area (TPSA) is 44.5 Å². The van der Waals surface area contributed by atoms with E-state index in [1.807, 2.05) is 12.1 Å². The third-order valence-electron chi connectivity index (χ3n) is 4.07. The van der Waals surface area contributed by atoms with Crippen LogP contribution in [0.1, 0.15) is 44.7 Å². The van der Waals surface area contributed by atoms with Crippen molar-refractivity contribution in [2.45, 2.75) is 57.0 Å². The van der Waals surface area contributed by atoms with Crippen LogP contribution in [-0.2, 0) is 4.74 Å². The Bertz CT molecular complexity index is 481. The number of halogens is 1. The molecular weight excluding hydrogens is 306 g/mol. The number of fused-ring (bicyclic) bond motifs is 1. The van der Waals surface area contributed by atoms with Crippen molar-refractivity contribution >= 4 is 15.9 Å². The van der Waals surface area contributed by atoms with Gasteiger partial charge in [0.05, 0.1) is 12.2 Å². The summed E-state index contributed by atoms with van der Waals surface area (Å²) in [4.78, 5) is 0. The fourth-order valence-corrected chi connectivity index (χ4v) is 3.94. The van der Waals surface area contributed by atoms with Gasteiger partial charge in [-0.05, 0) is 32.0 Å². The monoisotopic (exact) mass is 325 g/mol. The van der Waals surface area contributed by atoms with Crippen molar-refractivity contribution in [3.8, 4) is 5.75 Å². The molecule has 2 N–H and O–H groups in total. The number of ether oxygens (including phenoxy) is 2. The van der Waals surface area contributed by atoms with E-state index in [1.54, 1.807) is 0 Å². The minimum Gasteiger partial charge on any atom is -0.487 e. The van der Waals surface area contributed by atoms with Crippen LogP contribution in [0.2, 0.25) is 0 Å². The van der Waals surface area contributed by atoms with Gasteiger partial charge in [0.1, 0.15) is 11.4 Å². The summed E-state index contributed by atoms with van der Waals surface area (Å²) < 4.78 is 13.2. The van der Waals surface area contributed by atoms with Gasteiger partial charge >= 0.3 is 0 Å². The Hall–Kier alpha value is -0.580. The molecule has 1 fully saturated rings. The lowest BCUT2D eigenvalue weighted by atomic mass is 9.79. The predicted molar refractivity (Wildman–Crippen MR) is 78.3 cm³/mol. The van der Waals surface area contributed by atoms with Gasteiger partial charge in [-0.3, -0.25) is 0 Å². The van der Waals surface area contributed by atoms with Crippen molar-refractivity contribution in [2.75, 3.05) is 0 Å². The van der Waals surface area contributed by atoms with E-state index >= 15 is 0 Å². The normalized spacial score (nSPS) is 37.8. The van der Waals surface area contributed by atoms with E-state index in [-0.39, 0.29) is 23.9 Å². The van der Waals surface area contributed by atoms with Crippen molar-refractivity contribution in [1.82, 2.24) is 0 Å². The van der Waals surface area contributed by atoms with E-state index in [0.717, 1.165) is 35.0 Å². The molecule has 2 aliphatic heterocycles. The number of hydrogen-bond acceptors (Lipinski definition) is 3. The van der Waals surface area contributed by atoms with E-state index in [2.05, 4.69) is 35.8 Å². The molecule has 3 rings (SSSR count). The molecule has 104 valence electrons. The van der Waals surface area contributed by atoms with Crippen molar-refractivity contribution < 1.29 is 9.47 Å². The summed E-state index contributed by atoms with van der Waals surface area (Å²) in [6.07, 6.45) is 3.16. The molecule has 1 saturated heterocycles. The second-order valence-electron chi connectivity index (χ2n) is 5.94. The molecule has 2 unspecified atom stereocenters. The number of nitrogens with two attached hydrogens (primary N) is 1. The summed E-state index contributed by atoms with van der Waals surface area (Å²) in [5, 5.41) is 0. The maximum absolute atomic E-state index is 6.37. The molecule has 0 saturated carbocycles. The Balaban J connectivity index is 1.94. The molecule has 0 aromatic heterocycles. The summed E-state index contributed by atoms with van der Waals surface area (Å²) in [6, 6.07) is 6.14. The summed E-state index contributed by atoms with van der Waals surface area (Å²) in [5.74, 6) is 0.934. The molecule has 3 nitrogen and oxygen atoms in total. The molecular formula is C15H20BrNO2. The molecule has 0 radical (unpaired) electrons. The minimum atomic E-state index is -0.155. The maximum atomic E-state index is 6.37. The summed E-state index contributed by atoms with van der Waals surface area (Å²) in [5.41, 5.74) is 7.32. The average molecular weight is 326 g/mol. The minimum absolute atomic E-state index is 0.0405. The van der Waals surface area contributed by atoms with Crippen molar-refractivity contribution in [3.63, 3.8) is 0 Å². The van der Waals surface area contributed by atoms with E-state index in [1.165, 1.54) is 0 Å². The fourth-order valence-electron chi connectivity index (χ4n) is 3.56. The SMILES string of the molecule is CC1CC2(CC(C)O1)C[C@@H](N)c1cc(Br)ccc1O2. The van der Waals surface area contributed by atoms with Crippen LogP contribution in [0.3, 0.4) is 0 Å². The Morgan fingerprint density at radius 3 is 2.58 bits per heavy atom. The highest BCUT2D eigenvalue weighted by molar-refractivity contribution is 9.10. The second kappa shape index (κ2) is 4.76. The first-order valence-corrected chi connectivity index (χ1v) is 7.66. The van der Waals surface area contributed by atoms with Gasteiger partial charge in [-0.15, -0.1) is 0 Å². The van der Waals surface area contributed by atoms with Gasteiger partial charge in [0, 0.05) is 35.3 Å². The van der Waals surface area contributed by atoms with Crippen LogP contribution in [0, 0.1) is 0 Å². The zero-order chi connectivity index (χ0) is 13.6. The summed E-state index contributed by atoms with van der Waals surface area (Å²) >= 11 is 3.49.